The van der Waals surface area contributed by atoms with E-state index >= 15 is 0 Å². The Balaban J connectivity index is -0.000000270. The number of nitrogens with zero attached hydrogens (tertiary/aromatic N) is 1. The molecule has 1 fully saturated rings. The maximum absolute atomic E-state index is 3.56. The van der Waals surface area contributed by atoms with Crippen molar-refractivity contribution in [1.29, 1.82) is 0 Å². The van der Waals surface area contributed by atoms with Gasteiger partial charge in [-0.1, -0.05) is 22.4 Å². The van der Waals surface area contributed by atoms with E-state index in [0.29, 0.717) is 4.95 Å². The number of piperidine rings is 1. The van der Waals surface area contributed by atoms with Gasteiger partial charge < -0.3 is 2.85 Å². The number of hydrogen-bond donors (Lipinski definition) is 0. The van der Waals surface area contributed by atoms with Crippen LogP contribution in [0.25, 0.3) is 0 Å². The van der Waals surface area contributed by atoms with Gasteiger partial charge in [0, 0.05) is 0 Å². The second kappa shape index (κ2) is 5.81. The van der Waals surface area contributed by atoms with Crippen molar-refractivity contribution in [3.8, 4) is 0 Å². The molecule has 3 heteroatoms. The van der Waals surface area contributed by atoms with Crippen molar-refractivity contribution in [2.24, 2.45) is 0 Å². The third-order valence-corrected chi connectivity index (χ3v) is 2.47. The first-order chi connectivity index (χ1) is 4.30. The first kappa shape index (κ1) is 11.2. The SMILES string of the molecule is CC(Br)N1CCCCC1.[H-].[H-].[Mg+2]. The van der Waals surface area contributed by atoms with Crippen LogP contribution in [0.5, 0.6) is 0 Å². The summed E-state index contributed by atoms with van der Waals surface area (Å²) in [5.74, 6) is 0. The van der Waals surface area contributed by atoms with Crippen LogP contribution in [0.1, 0.15) is 29.0 Å². The molecule has 1 atom stereocenters. The molecule has 1 rings (SSSR count). The Morgan fingerprint density at radius 2 is 1.80 bits per heavy atom. The van der Waals surface area contributed by atoms with Crippen molar-refractivity contribution in [2.45, 2.75) is 31.1 Å². The predicted octanol–water partition coefficient (Wildman–Crippen LogP) is 2.06. The topological polar surface area (TPSA) is 3.24 Å². The Kier molecular flexibility index (Phi) is 6.51. The fraction of sp³-hybridized carbons (Fsp3) is 1.00. The maximum Gasteiger partial charge on any atom is 2.00 e. The van der Waals surface area contributed by atoms with Gasteiger partial charge in [-0.3, -0.25) is 4.90 Å². The molecule has 1 nitrogen and oxygen atoms in total. The second-order valence-corrected chi connectivity index (χ2v) is 4.00. The van der Waals surface area contributed by atoms with Crippen molar-refractivity contribution in [2.75, 3.05) is 13.1 Å². The first-order valence-corrected chi connectivity index (χ1v) is 4.60. The summed E-state index contributed by atoms with van der Waals surface area (Å²) in [4.78, 5) is 3.06. The summed E-state index contributed by atoms with van der Waals surface area (Å²) in [6, 6.07) is 0. The summed E-state index contributed by atoms with van der Waals surface area (Å²) in [6.07, 6.45) is 4.20. The largest absolute Gasteiger partial charge is 2.00 e. The smallest absolute Gasteiger partial charge is 1.00 e. The molecule has 0 bridgehead atoms. The van der Waals surface area contributed by atoms with Crippen LogP contribution in [-0.4, -0.2) is 46.0 Å². The molecule has 0 spiro atoms. The quantitative estimate of drug-likeness (QED) is 0.370. The molecule has 1 aliphatic rings. The van der Waals surface area contributed by atoms with Crippen LogP contribution >= 0.6 is 15.9 Å². The Morgan fingerprint density at radius 1 is 1.30 bits per heavy atom. The second-order valence-electron chi connectivity index (χ2n) is 2.67. The number of likely N-dealkylation sites (tertiary alicyclic amines) is 1. The summed E-state index contributed by atoms with van der Waals surface area (Å²) in [6.45, 7) is 4.77. The zero-order valence-electron chi connectivity index (χ0n) is 8.65. The van der Waals surface area contributed by atoms with Gasteiger partial charge in [0.1, 0.15) is 0 Å². The minimum atomic E-state index is 0. The van der Waals surface area contributed by atoms with E-state index in [1.54, 1.807) is 0 Å². The molecule has 1 aliphatic heterocycles. The van der Waals surface area contributed by atoms with Crippen molar-refractivity contribution in [1.82, 2.24) is 4.90 Å². The van der Waals surface area contributed by atoms with Gasteiger partial charge in [-0.2, -0.15) is 0 Å². The number of halogens is 1. The predicted molar refractivity (Wildman–Crippen MR) is 51.8 cm³/mol. The zero-order chi connectivity index (χ0) is 6.69. The van der Waals surface area contributed by atoms with Gasteiger partial charge in [-0.05, 0) is 32.9 Å². The molecule has 0 aromatic carbocycles. The van der Waals surface area contributed by atoms with E-state index in [-0.39, 0.29) is 25.9 Å². The molecule has 1 heterocycles. The molecule has 58 valence electrons. The average Bonchev–Trinajstić information content (AvgIpc) is 1.90. The van der Waals surface area contributed by atoms with Crippen LogP contribution in [0.3, 0.4) is 0 Å². The third-order valence-electron chi connectivity index (χ3n) is 1.89. The standard InChI is InChI=1S/C7H14BrN.Mg.2H/c1-7(8)9-5-3-2-4-6-9;;;/h7H,2-6H2,1H3;;;/q;+2;2*-1. The third kappa shape index (κ3) is 3.55. The number of alkyl halides is 1. The summed E-state index contributed by atoms with van der Waals surface area (Å²) in [5.41, 5.74) is 0. The molecule has 1 unspecified atom stereocenters. The summed E-state index contributed by atoms with van der Waals surface area (Å²) in [7, 11) is 0. The molecule has 0 aromatic heterocycles. The van der Waals surface area contributed by atoms with Crippen LogP contribution in [0.2, 0.25) is 0 Å². The number of hydrogen-bond acceptors (Lipinski definition) is 1. The first-order valence-electron chi connectivity index (χ1n) is 3.69. The van der Waals surface area contributed by atoms with Crippen LogP contribution in [0, 0.1) is 0 Å². The Morgan fingerprint density at radius 3 is 2.10 bits per heavy atom. The van der Waals surface area contributed by atoms with Gasteiger partial charge in [0.2, 0.25) is 0 Å². The normalized spacial score (nSPS) is 23.4. The van der Waals surface area contributed by atoms with Gasteiger partial charge >= 0.3 is 23.1 Å². The minimum absolute atomic E-state index is 0. The monoisotopic (exact) mass is 217 g/mol. The molecule has 0 amide bonds. The molecular weight excluding hydrogens is 202 g/mol. The number of rotatable bonds is 1. The molecule has 0 aliphatic carbocycles. The van der Waals surface area contributed by atoms with E-state index in [4.69, 9.17) is 0 Å². The fourth-order valence-corrected chi connectivity index (χ4v) is 1.68. The molecule has 0 saturated carbocycles. The zero-order valence-corrected chi connectivity index (χ0v) is 9.65. The average molecular weight is 218 g/mol. The molecular formula is C7H16BrMgN. The van der Waals surface area contributed by atoms with Gasteiger partial charge in [0.05, 0.1) is 4.95 Å². The van der Waals surface area contributed by atoms with E-state index in [0.717, 1.165) is 0 Å². The van der Waals surface area contributed by atoms with Crippen molar-refractivity contribution < 1.29 is 2.85 Å². The molecule has 0 aromatic rings. The Hall–Kier alpha value is 1.21. The minimum Gasteiger partial charge on any atom is -1.00 e. The van der Waals surface area contributed by atoms with Crippen molar-refractivity contribution in [3.63, 3.8) is 0 Å². The van der Waals surface area contributed by atoms with E-state index in [1.165, 1.54) is 32.4 Å². The fourth-order valence-electron chi connectivity index (χ4n) is 1.27. The summed E-state index contributed by atoms with van der Waals surface area (Å²) < 4.78 is 0. The maximum atomic E-state index is 3.56. The van der Waals surface area contributed by atoms with Crippen LogP contribution in [0.15, 0.2) is 0 Å². The van der Waals surface area contributed by atoms with Crippen molar-refractivity contribution >= 4 is 39.0 Å². The molecule has 1 saturated heterocycles. The van der Waals surface area contributed by atoms with E-state index in [9.17, 15) is 0 Å². The van der Waals surface area contributed by atoms with Crippen molar-refractivity contribution in [3.05, 3.63) is 0 Å². The van der Waals surface area contributed by atoms with Gasteiger partial charge in [0.25, 0.3) is 0 Å². The summed E-state index contributed by atoms with van der Waals surface area (Å²) >= 11 is 3.56. The van der Waals surface area contributed by atoms with Crippen LogP contribution < -0.4 is 0 Å². The molecule has 0 N–H and O–H groups in total. The van der Waals surface area contributed by atoms with E-state index < -0.39 is 0 Å². The summed E-state index contributed by atoms with van der Waals surface area (Å²) in [5, 5.41) is 0. The van der Waals surface area contributed by atoms with Gasteiger partial charge in [-0.25, -0.2) is 0 Å². The van der Waals surface area contributed by atoms with Gasteiger partial charge in [-0.15, -0.1) is 0 Å². The molecule has 0 radical (unpaired) electrons. The van der Waals surface area contributed by atoms with Crippen LogP contribution in [0.4, 0.5) is 0 Å². The molecule has 10 heavy (non-hydrogen) atoms. The van der Waals surface area contributed by atoms with E-state index in [1.807, 2.05) is 0 Å². The Bertz CT molecular complexity index is 89.5. The van der Waals surface area contributed by atoms with Crippen LogP contribution in [-0.2, 0) is 0 Å². The Labute approximate surface area is 90.8 Å². The van der Waals surface area contributed by atoms with E-state index in [2.05, 4.69) is 27.8 Å². The van der Waals surface area contributed by atoms with Gasteiger partial charge in [0.15, 0.2) is 0 Å².